The summed E-state index contributed by atoms with van der Waals surface area (Å²) in [5.74, 6) is 0.892. The topological polar surface area (TPSA) is 63.6 Å². The van der Waals surface area contributed by atoms with Crippen LogP contribution in [0.25, 0.3) is 12.2 Å². The second-order valence-electron chi connectivity index (χ2n) is 11.4. The third-order valence-corrected chi connectivity index (χ3v) is 9.62. The van der Waals surface area contributed by atoms with Crippen molar-refractivity contribution in [1.29, 1.82) is 0 Å². The van der Waals surface area contributed by atoms with Crippen LogP contribution in [0.15, 0.2) is 53.4 Å². The second kappa shape index (κ2) is 21.6. The van der Waals surface area contributed by atoms with Crippen LogP contribution in [0.3, 0.4) is 0 Å². The summed E-state index contributed by atoms with van der Waals surface area (Å²) in [7, 11) is -3.71. The van der Waals surface area contributed by atoms with Crippen LogP contribution in [0.4, 0.5) is 0 Å². The highest BCUT2D eigenvalue weighted by Crippen LogP contribution is 2.21. The standard InChI is InChI=1S/C36H56O4S/c1-3-5-7-8-9-10-11-12-13-14-15-16-17-19-31-40-34-27-23-32(24-28-34)21-22-33-25-29-35(30-26-33)41(38,39)36(37)20-18-6-4-2/h21-30,36-37H,3-20,31H2,1-2H3. The number of sulfone groups is 1. The molecular weight excluding hydrogens is 528 g/mol. The minimum atomic E-state index is -3.71. The third kappa shape index (κ3) is 15.1. The van der Waals surface area contributed by atoms with Crippen LogP contribution in [0, 0.1) is 0 Å². The number of rotatable bonds is 24. The lowest BCUT2D eigenvalue weighted by Crippen LogP contribution is -2.20. The van der Waals surface area contributed by atoms with Crippen LogP contribution in [0.2, 0.25) is 0 Å². The minimum Gasteiger partial charge on any atom is -0.494 e. The minimum absolute atomic E-state index is 0.166. The van der Waals surface area contributed by atoms with Gasteiger partial charge in [0.25, 0.3) is 0 Å². The van der Waals surface area contributed by atoms with E-state index in [1.165, 1.54) is 83.5 Å². The number of unbranched alkanes of at least 4 members (excludes halogenated alkanes) is 15. The van der Waals surface area contributed by atoms with E-state index in [-0.39, 0.29) is 11.3 Å². The highest BCUT2D eigenvalue weighted by atomic mass is 32.2. The van der Waals surface area contributed by atoms with Gasteiger partial charge in [0.1, 0.15) is 5.75 Å². The summed E-state index contributed by atoms with van der Waals surface area (Å²) in [6.07, 6.45) is 25.8. The molecule has 0 spiro atoms. The van der Waals surface area contributed by atoms with Crippen LogP contribution >= 0.6 is 0 Å². The fraction of sp³-hybridized carbons (Fsp3) is 0.611. The van der Waals surface area contributed by atoms with Crippen molar-refractivity contribution in [3.8, 4) is 5.75 Å². The van der Waals surface area contributed by atoms with Gasteiger partial charge in [-0.3, -0.25) is 0 Å². The Labute approximate surface area is 251 Å². The van der Waals surface area contributed by atoms with Gasteiger partial charge in [0.15, 0.2) is 5.44 Å². The summed E-state index contributed by atoms with van der Waals surface area (Å²) < 4.78 is 31.1. The third-order valence-electron chi connectivity index (χ3n) is 7.74. The average Bonchev–Trinajstić information content (AvgIpc) is 2.99. The molecule has 230 valence electrons. The molecule has 1 N–H and O–H groups in total. The number of benzene rings is 2. The van der Waals surface area contributed by atoms with Gasteiger partial charge in [0, 0.05) is 0 Å². The molecule has 0 aliphatic rings. The Balaban J connectivity index is 1.58. The molecule has 0 aliphatic carbocycles. The smallest absolute Gasteiger partial charge is 0.204 e. The molecule has 1 atom stereocenters. The summed E-state index contributed by atoms with van der Waals surface area (Å²) in [5, 5.41) is 10.2. The molecule has 2 rings (SSSR count). The number of ether oxygens (including phenoxy) is 1. The van der Waals surface area contributed by atoms with Gasteiger partial charge in [-0.1, -0.05) is 147 Å². The SMILES string of the molecule is CCCCCCCCCCCCCCCCOc1ccc(C=Cc2ccc(S(=O)(=O)C(O)CCCCC)cc2)cc1. The predicted octanol–water partition coefficient (Wildman–Crippen LogP) is 10.4. The Morgan fingerprint density at radius 3 is 1.51 bits per heavy atom. The number of hydrogen-bond acceptors (Lipinski definition) is 4. The fourth-order valence-corrected chi connectivity index (χ4v) is 6.31. The predicted molar refractivity (Wildman–Crippen MR) is 175 cm³/mol. The Morgan fingerprint density at radius 2 is 1.02 bits per heavy atom. The highest BCUT2D eigenvalue weighted by molar-refractivity contribution is 7.91. The van der Waals surface area contributed by atoms with Crippen molar-refractivity contribution in [2.24, 2.45) is 0 Å². The largest absolute Gasteiger partial charge is 0.494 e. The lowest BCUT2D eigenvalue weighted by atomic mass is 10.0. The quantitative estimate of drug-likeness (QED) is 0.0984. The fourth-order valence-electron chi connectivity index (χ4n) is 5.00. The van der Waals surface area contributed by atoms with E-state index in [0.29, 0.717) is 6.42 Å². The molecule has 0 bridgehead atoms. The number of aliphatic hydroxyl groups excluding tert-OH is 1. The van der Waals surface area contributed by atoms with Crippen LogP contribution in [-0.2, 0) is 9.84 Å². The van der Waals surface area contributed by atoms with Gasteiger partial charge in [-0.15, -0.1) is 0 Å². The Kier molecular flexibility index (Phi) is 18.5. The summed E-state index contributed by atoms with van der Waals surface area (Å²) in [5.41, 5.74) is 0.616. The van der Waals surface area contributed by atoms with E-state index in [9.17, 15) is 13.5 Å². The lowest BCUT2D eigenvalue weighted by molar-refractivity contribution is 0.234. The first-order valence-electron chi connectivity index (χ1n) is 16.4. The van der Waals surface area contributed by atoms with E-state index in [2.05, 4.69) is 13.8 Å². The van der Waals surface area contributed by atoms with Gasteiger partial charge in [0.2, 0.25) is 9.84 Å². The zero-order chi connectivity index (χ0) is 29.6. The molecule has 2 aromatic carbocycles. The van der Waals surface area contributed by atoms with Crippen LogP contribution < -0.4 is 4.74 Å². The van der Waals surface area contributed by atoms with Crippen molar-refractivity contribution >= 4 is 22.0 Å². The maximum absolute atomic E-state index is 12.6. The van der Waals surface area contributed by atoms with E-state index >= 15 is 0 Å². The van der Waals surface area contributed by atoms with E-state index < -0.39 is 15.3 Å². The number of aliphatic hydroxyl groups is 1. The van der Waals surface area contributed by atoms with Crippen LogP contribution in [-0.4, -0.2) is 25.6 Å². The van der Waals surface area contributed by atoms with Gasteiger partial charge >= 0.3 is 0 Å². The van der Waals surface area contributed by atoms with Gasteiger partial charge in [-0.05, 0) is 54.7 Å². The van der Waals surface area contributed by atoms with E-state index in [0.717, 1.165) is 42.7 Å². The molecule has 0 amide bonds. The normalized spacial score (nSPS) is 12.7. The van der Waals surface area contributed by atoms with E-state index in [4.69, 9.17) is 4.74 Å². The van der Waals surface area contributed by atoms with Gasteiger partial charge in [-0.2, -0.15) is 0 Å². The van der Waals surface area contributed by atoms with E-state index in [1.807, 2.05) is 36.4 Å². The molecule has 0 radical (unpaired) electrons. The van der Waals surface area contributed by atoms with Gasteiger partial charge < -0.3 is 9.84 Å². The first-order chi connectivity index (χ1) is 20.0. The molecule has 0 saturated carbocycles. The van der Waals surface area contributed by atoms with Crippen molar-refractivity contribution in [2.45, 2.75) is 140 Å². The van der Waals surface area contributed by atoms with E-state index in [1.54, 1.807) is 24.3 Å². The van der Waals surface area contributed by atoms with Crippen LogP contribution in [0.1, 0.15) is 141 Å². The molecule has 2 aromatic rings. The molecule has 5 heteroatoms. The monoisotopic (exact) mass is 584 g/mol. The van der Waals surface area contributed by atoms with Gasteiger partial charge in [-0.25, -0.2) is 8.42 Å². The molecule has 0 aliphatic heterocycles. The maximum atomic E-state index is 12.6. The first-order valence-corrected chi connectivity index (χ1v) is 17.9. The summed E-state index contributed by atoms with van der Waals surface area (Å²) in [4.78, 5) is 0.166. The Hall–Kier alpha value is -2.11. The van der Waals surface area contributed by atoms with Crippen molar-refractivity contribution in [1.82, 2.24) is 0 Å². The Bertz CT molecular complexity index is 1040. The molecule has 0 saturated heterocycles. The molecule has 0 aromatic heterocycles. The lowest BCUT2D eigenvalue weighted by Gasteiger charge is -2.12. The molecular formula is C36H56O4S. The van der Waals surface area contributed by atoms with Gasteiger partial charge in [0.05, 0.1) is 11.5 Å². The zero-order valence-electron chi connectivity index (χ0n) is 25.9. The molecule has 1 unspecified atom stereocenters. The van der Waals surface area contributed by atoms with Crippen LogP contribution in [0.5, 0.6) is 5.75 Å². The highest BCUT2D eigenvalue weighted by Gasteiger charge is 2.24. The maximum Gasteiger partial charge on any atom is 0.204 e. The molecule has 0 fully saturated rings. The van der Waals surface area contributed by atoms with Crippen molar-refractivity contribution in [2.75, 3.05) is 6.61 Å². The average molecular weight is 585 g/mol. The Morgan fingerprint density at radius 1 is 0.610 bits per heavy atom. The summed E-state index contributed by atoms with van der Waals surface area (Å²) >= 11 is 0. The molecule has 41 heavy (non-hydrogen) atoms. The van der Waals surface area contributed by atoms with Crippen molar-refractivity contribution < 1.29 is 18.3 Å². The second-order valence-corrected chi connectivity index (χ2v) is 13.5. The summed E-state index contributed by atoms with van der Waals surface area (Å²) in [6, 6.07) is 14.8. The van der Waals surface area contributed by atoms with Crippen molar-refractivity contribution in [3.63, 3.8) is 0 Å². The molecule has 0 heterocycles. The number of hydrogen-bond donors (Lipinski definition) is 1. The first kappa shape index (κ1) is 35.1. The van der Waals surface area contributed by atoms with Crippen molar-refractivity contribution in [3.05, 3.63) is 59.7 Å². The molecule has 4 nitrogen and oxygen atoms in total. The zero-order valence-corrected chi connectivity index (χ0v) is 26.7. The summed E-state index contributed by atoms with van der Waals surface area (Å²) in [6.45, 7) is 5.09.